The maximum atomic E-state index is 13.6. The minimum Gasteiger partial charge on any atom is -0.465 e. The molecule has 182 valence electrons. The molecule has 0 saturated heterocycles. The highest BCUT2D eigenvalue weighted by Crippen LogP contribution is 2.41. The molecule has 3 rings (SSSR count). The number of carbonyl (C=O) groups excluding carboxylic acids is 2. The van der Waals surface area contributed by atoms with Crippen molar-refractivity contribution in [2.75, 3.05) is 29.6 Å². The lowest BCUT2D eigenvalue weighted by atomic mass is 10.0. The second kappa shape index (κ2) is 10.2. The van der Waals surface area contributed by atoms with Gasteiger partial charge < -0.3 is 15.3 Å². The van der Waals surface area contributed by atoms with Crippen LogP contribution in [0.5, 0.6) is 0 Å². The molecule has 0 saturated carbocycles. The maximum absolute atomic E-state index is 13.6. The molecule has 0 unspecified atom stereocenters. The molecule has 0 spiro atoms. The van der Waals surface area contributed by atoms with Crippen molar-refractivity contribution in [3.63, 3.8) is 0 Å². The van der Waals surface area contributed by atoms with Crippen molar-refractivity contribution < 1.29 is 32.7 Å². The van der Waals surface area contributed by atoms with E-state index >= 15 is 0 Å². The summed E-state index contributed by atoms with van der Waals surface area (Å²) in [5.41, 5.74) is -0.617. The van der Waals surface area contributed by atoms with Gasteiger partial charge in [0.15, 0.2) is 5.78 Å². The van der Waals surface area contributed by atoms with E-state index in [9.17, 15) is 27.6 Å². The molecule has 0 aliphatic rings. The Hall–Kier alpha value is -4.48. The van der Waals surface area contributed by atoms with E-state index in [-0.39, 0.29) is 16.9 Å². The normalized spacial score (nSPS) is 11.0. The average molecular weight is 487 g/mol. The molecular formula is C23H20F3N5O4. The lowest BCUT2D eigenvalue weighted by molar-refractivity contribution is -0.137. The fourth-order valence-corrected chi connectivity index (χ4v) is 3.27. The number of carbonyl (C=O) groups is 3. The lowest BCUT2D eigenvalue weighted by Crippen LogP contribution is -2.21. The van der Waals surface area contributed by atoms with Gasteiger partial charge in [-0.1, -0.05) is 18.2 Å². The van der Waals surface area contributed by atoms with Crippen LogP contribution >= 0.6 is 0 Å². The number of carboxylic acid groups (broad SMARTS) is 1. The Bertz CT molecular complexity index is 1260. The van der Waals surface area contributed by atoms with Gasteiger partial charge in [0.1, 0.15) is 6.33 Å². The molecule has 2 amide bonds. The van der Waals surface area contributed by atoms with E-state index in [2.05, 4.69) is 15.3 Å². The fourth-order valence-electron chi connectivity index (χ4n) is 3.27. The second-order valence-electron chi connectivity index (χ2n) is 7.59. The highest BCUT2D eigenvalue weighted by molar-refractivity contribution is 6.12. The van der Waals surface area contributed by atoms with E-state index in [1.54, 1.807) is 30.6 Å². The zero-order valence-electron chi connectivity index (χ0n) is 18.6. The first-order valence-electron chi connectivity index (χ1n) is 10.1. The number of amides is 2. The predicted octanol–water partition coefficient (Wildman–Crippen LogP) is 4.53. The van der Waals surface area contributed by atoms with Crippen molar-refractivity contribution in [1.82, 2.24) is 9.97 Å². The average Bonchev–Trinajstić information content (AvgIpc) is 2.79. The maximum Gasteiger partial charge on any atom is 0.418 e. The summed E-state index contributed by atoms with van der Waals surface area (Å²) in [6, 6.07) is 7.95. The van der Waals surface area contributed by atoms with E-state index in [0.717, 1.165) is 11.0 Å². The van der Waals surface area contributed by atoms with Crippen molar-refractivity contribution in [3.05, 3.63) is 66.2 Å². The van der Waals surface area contributed by atoms with Crippen molar-refractivity contribution in [2.24, 2.45) is 0 Å². The molecule has 1 aromatic heterocycles. The van der Waals surface area contributed by atoms with E-state index in [1.165, 1.54) is 26.5 Å². The Morgan fingerprint density at radius 3 is 2.23 bits per heavy atom. The van der Waals surface area contributed by atoms with Crippen LogP contribution in [0.15, 0.2) is 55.1 Å². The van der Waals surface area contributed by atoms with Gasteiger partial charge >= 0.3 is 12.3 Å². The van der Waals surface area contributed by atoms with Crippen molar-refractivity contribution in [3.8, 4) is 11.1 Å². The van der Waals surface area contributed by atoms with Gasteiger partial charge in [-0.05, 0) is 23.8 Å². The monoisotopic (exact) mass is 487 g/mol. The third-order valence-electron chi connectivity index (χ3n) is 4.84. The van der Waals surface area contributed by atoms with Gasteiger partial charge in [-0.2, -0.15) is 13.2 Å². The number of rotatable bonds is 7. The van der Waals surface area contributed by atoms with Crippen LogP contribution in [0.3, 0.4) is 0 Å². The molecule has 35 heavy (non-hydrogen) atoms. The Labute approximate surface area is 197 Å². The van der Waals surface area contributed by atoms with Crippen LogP contribution in [-0.2, 0) is 11.0 Å². The first-order valence-corrected chi connectivity index (χ1v) is 10.1. The highest BCUT2D eigenvalue weighted by atomic mass is 19.4. The number of alkyl halides is 3. The largest absolute Gasteiger partial charge is 0.465 e. The number of Topliss-reactive ketones (excluding diaryl/α,β-unsaturated/α-hetero) is 1. The molecular weight excluding hydrogens is 467 g/mol. The van der Waals surface area contributed by atoms with Gasteiger partial charge in [0, 0.05) is 37.6 Å². The molecule has 2 aromatic carbocycles. The summed E-state index contributed by atoms with van der Waals surface area (Å²) < 4.78 is 40.8. The molecule has 1 heterocycles. The SMILES string of the molecule is CN(C)c1cc(NC(=O)O)c(NC(=O)CC(=O)c2cccc(-c3cncnc3)c2)cc1C(F)(F)F. The number of aromatic nitrogens is 2. The highest BCUT2D eigenvalue weighted by Gasteiger charge is 2.35. The summed E-state index contributed by atoms with van der Waals surface area (Å²) >= 11 is 0. The van der Waals surface area contributed by atoms with Gasteiger partial charge in [0.25, 0.3) is 0 Å². The third-order valence-corrected chi connectivity index (χ3v) is 4.84. The summed E-state index contributed by atoms with van der Waals surface area (Å²) in [7, 11) is 2.73. The molecule has 0 bridgehead atoms. The minimum atomic E-state index is -4.78. The van der Waals surface area contributed by atoms with Crippen molar-refractivity contribution in [2.45, 2.75) is 12.6 Å². The van der Waals surface area contributed by atoms with E-state index < -0.39 is 41.6 Å². The quantitative estimate of drug-likeness (QED) is 0.330. The van der Waals surface area contributed by atoms with Crippen molar-refractivity contribution in [1.29, 1.82) is 0 Å². The number of nitrogens with one attached hydrogen (secondary N) is 2. The molecule has 3 N–H and O–H groups in total. The standard InChI is InChI=1S/C23H20F3N5O4/c1-31(2)19-8-18(30-22(34)35)17(7-16(19)23(24,25)26)29-21(33)9-20(32)14-5-3-4-13(6-14)15-10-27-12-28-11-15/h3-8,10-12,30H,9H2,1-2H3,(H,29,33)(H,34,35). The molecule has 0 radical (unpaired) electrons. The Morgan fingerprint density at radius 2 is 1.63 bits per heavy atom. The zero-order chi connectivity index (χ0) is 25.8. The van der Waals surface area contributed by atoms with Gasteiger partial charge in [0.05, 0.1) is 29.0 Å². The second-order valence-corrected chi connectivity index (χ2v) is 7.59. The molecule has 9 nitrogen and oxygen atoms in total. The zero-order valence-corrected chi connectivity index (χ0v) is 18.6. The van der Waals surface area contributed by atoms with E-state index in [1.807, 2.05) is 5.32 Å². The summed E-state index contributed by atoms with van der Waals surface area (Å²) in [4.78, 5) is 45.4. The van der Waals surface area contributed by atoms with Crippen LogP contribution in [0.2, 0.25) is 0 Å². The van der Waals surface area contributed by atoms with Crippen LogP contribution in [0.1, 0.15) is 22.3 Å². The number of nitrogens with zero attached hydrogens (tertiary/aromatic N) is 3. The van der Waals surface area contributed by atoms with Crippen LogP contribution in [-0.4, -0.2) is 47.0 Å². The van der Waals surface area contributed by atoms with E-state index in [0.29, 0.717) is 17.2 Å². The number of hydrogen-bond acceptors (Lipinski definition) is 6. The Balaban J connectivity index is 1.86. The number of halogens is 3. The van der Waals surface area contributed by atoms with Gasteiger partial charge in [-0.3, -0.25) is 14.9 Å². The van der Waals surface area contributed by atoms with Gasteiger partial charge in [-0.25, -0.2) is 14.8 Å². The van der Waals surface area contributed by atoms with Crippen LogP contribution < -0.4 is 15.5 Å². The summed E-state index contributed by atoms with van der Waals surface area (Å²) in [6.45, 7) is 0. The molecule has 12 heteroatoms. The molecule has 3 aromatic rings. The molecule has 0 fully saturated rings. The van der Waals surface area contributed by atoms with Crippen molar-refractivity contribution >= 4 is 34.8 Å². The summed E-state index contributed by atoms with van der Waals surface area (Å²) in [6.07, 6.45) is -2.55. The first-order chi connectivity index (χ1) is 16.5. The topological polar surface area (TPSA) is 125 Å². The summed E-state index contributed by atoms with van der Waals surface area (Å²) in [5, 5.41) is 13.3. The smallest absolute Gasteiger partial charge is 0.418 e. The van der Waals surface area contributed by atoms with E-state index in [4.69, 9.17) is 5.11 Å². The number of benzene rings is 2. The first kappa shape index (κ1) is 25.1. The fraction of sp³-hybridized carbons (Fsp3) is 0.174. The molecule has 0 aliphatic heterocycles. The van der Waals surface area contributed by atoms with Crippen LogP contribution in [0.4, 0.5) is 35.0 Å². The Kier molecular flexibility index (Phi) is 7.33. The van der Waals surface area contributed by atoms with Gasteiger partial charge in [0.2, 0.25) is 5.91 Å². The summed E-state index contributed by atoms with van der Waals surface area (Å²) in [5.74, 6) is -1.50. The number of hydrogen-bond donors (Lipinski definition) is 3. The Morgan fingerprint density at radius 1 is 0.971 bits per heavy atom. The molecule has 0 aliphatic carbocycles. The molecule has 0 atom stereocenters. The van der Waals surface area contributed by atoms with Crippen LogP contribution in [0, 0.1) is 0 Å². The van der Waals surface area contributed by atoms with Gasteiger partial charge in [-0.15, -0.1) is 0 Å². The minimum absolute atomic E-state index is 0.198. The van der Waals surface area contributed by atoms with Crippen LogP contribution in [0.25, 0.3) is 11.1 Å². The third kappa shape index (κ3) is 6.31. The number of anilines is 3. The lowest BCUT2D eigenvalue weighted by Gasteiger charge is -2.22. The predicted molar refractivity (Wildman–Crippen MR) is 122 cm³/mol. The number of ketones is 1.